The molecule has 0 aliphatic carbocycles. The normalized spacial score (nSPS) is 10.4. The molecule has 0 aromatic carbocycles. The summed E-state index contributed by atoms with van der Waals surface area (Å²) in [6.45, 7) is 1.53. The number of hydrogen-bond acceptors (Lipinski definition) is 3. The van der Waals surface area contributed by atoms with Gasteiger partial charge in [-0.05, 0) is 35.5 Å². The first-order valence-corrected chi connectivity index (χ1v) is 6.92. The molecule has 0 saturated heterocycles. The zero-order valence-electron chi connectivity index (χ0n) is 9.62. The molecule has 1 heterocycles. The van der Waals surface area contributed by atoms with Gasteiger partial charge in [-0.3, -0.25) is 4.79 Å². The van der Waals surface area contributed by atoms with E-state index in [1.165, 1.54) is 4.88 Å². The van der Waals surface area contributed by atoms with Gasteiger partial charge in [0, 0.05) is 41.3 Å². The van der Waals surface area contributed by atoms with Crippen LogP contribution in [0.3, 0.4) is 0 Å². The van der Waals surface area contributed by atoms with Gasteiger partial charge in [0.05, 0.1) is 0 Å². The van der Waals surface area contributed by atoms with E-state index in [-0.39, 0.29) is 5.91 Å². The lowest BCUT2D eigenvalue weighted by molar-refractivity contribution is -0.129. The third kappa shape index (κ3) is 4.63. The molecule has 0 aliphatic heterocycles. The predicted octanol–water partition coefficient (Wildman–Crippen LogP) is 2.12. The maximum Gasteiger partial charge on any atom is 0.223 e. The van der Waals surface area contributed by atoms with Crippen LogP contribution in [0.15, 0.2) is 15.9 Å². The van der Waals surface area contributed by atoms with Crippen LogP contribution in [-0.2, 0) is 11.2 Å². The highest BCUT2D eigenvalue weighted by atomic mass is 79.9. The van der Waals surface area contributed by atoms with Crippen molar-refractivity contribution in [3.63, 3.8) is 0 Å². The predicted molar refractivity (Wildman–Crippen MR) is 71.9 cm³/mol. The summed E-state index contributed by atoms with van der Waals surface area (Å²) in [5, 5.41) is 5.05. The molecule has 0 radical (unpaired) electrons. The molecule has 3 nitrogen and oxygen atoms in total. The van der Waals surface area contributed by atoms with Gasteiger partial charge < -0.3 is 10.2 Å². The lowest BCUT2D eigenvalue weighted by Gasteiger charge is -2.16. The average Bonchev–Trinajstić information content (AvgIpc) is 2.68. The zero-order chi connectivity index (χ0) is 12.0. The van der Waals surface area contributed by atoms with Gasteiger partial charge in [0.1, 0.15) is 0 Å². The number of rotatable bonds is 6. The number of carbonyl (C=O) groups is 1. The summed E-state index contributed by atoms with van der Waals surface area (Å²) in [6.07, 6.45) is 1.50. The van der Waals surface area contributed by atoms with Crippen LogP contribution in [0.5, 0.6) is 0 Å². The van der Waals surface area contributed by atoms with Gasteiger partial charge in [0.2, 0.25) is 5.91 Å². The Morgan fingerprint density at radius 2 is 2.38 bits per heavy atom. The molecule has 1 rings (SSSR count). The van der Waals surface area contributed by atoms with E-state index in [1.807, 2.05) is 14.1 Å². The van der Waals surface area contributed by atoms with E-state index in [1.54, 1.807) is 16.2 Å². The third-order valence-electron chi connectivity index (χ3n) is 2.33. The van der Waals surface area contributed by atoms with Gasteiger partial charge in [0.25, 0.3) is 0 Å². The second kappa shape index (κ2) is 7.04. The Kier molecular flexibility index (Phi) is 6.01. The second-order valence-electron chi connectivity index (χ2n) is 3.65. The molecule has 1 N–H and O–H groups in total. The standard InChI is InChI=1S/C11H17BrN2OS/c1-13-5-3-11(15)14(2)6-4-10-7-9(12)8-16-10/h7-8,13H,3-6H2,1-2H3. The van der Waals surface area contributed by atoms with Crippen LogP contribution in [0.4, 0.5) is 0 Å². The van der Waals surface area contributed by atoms with Crippen molar-refractivity contribution in [2.75, 3.05) is 27.2 Å². The second-order valence-corrected chi connectivity index (χ2v) is 5.56. The van der Waals surface area contributed by atoms with Crippen LogP contribution >= 0.6 is 27.3 Å². The number of nitrogens with one attached hydrogen (secondary N) is 1. The molecule has 0 unspecified atom stereocenters. The van der Waals surface area contributed by atoms with E-state index in [0.29, 0.717) is 6.42 Å². The third-order valence-corrected chi connectivity index (χ3v) is 4.09. The summed E-state index contributed by atoms with van der Waals surface area (Å²) in [6, 6.07) is 2.11. The van der Waals surface area contributed by atoms with Crippen molar-refractivity contribution in [2.45, 2.75) is 12.8 Å². The fourth-order valence-corrected chi connectivity index (χ4v) is 2.75. The van der Waals surface area contributed by atoms with E-state index in [4.69, 9.17) is 0 Å². The maximum absolute atomic E-state index is 11.6. The molecule has 1 aromatic heterocycles. The van der Waals surface area contributed by atoms with Crippen LogP contribution in [0.2, 0.25) is 0 Å². The monoisotopic (exact) mass is 304 g/mol. The van der Waals surface area contributed by atoms with Gasteiger partial charge in [-0.1, -0.05) is 0 Å². The quantitative estimate of drug-likeness (QED) is 0.873. The summed E-state index contributed by atoms with van der Waals surface area (Å²) in [5.41, 5.74) is 0. The summed E-state index contributed by atoms with van der Waals surface area (Å²) < 4.78 is 1.12. The number of likely N-dealkylation sites (N-methyl/N-ethyl adjacent to an activating group) is 1. The minimum Gasteiger partial charge on any atom is -0.345 e. The van der Waals surface area contributed by atoms with Crippen LogP contribution in [0, 0.1) is 0 Å². The summed E-state index contributed by atoms with van der Waals surface area (Å²) in [5.74, 6) is 0.199. The highest BCUT2D eigenvalue weighted by Crippen LogP contribution is 2.20. The van der Waals surface area contributed by atoms with Gasteiger partial charge in [0.15, 0.2) is 0 Å². The number of hydrogen-bond donors (Lipinski definition) is 1. The van der Waals surface area contributed by atoms with Crippen LogP contribution in [-0.4, -0.2) is 38.0 Å². The lowest BCUT2D eigenvalue weighted by atomic mass is 10.3. The fraction of sp³-hybridized carbons (Fsp3) is 0.545. The number of carbonyl (C=O) groups excluding carboxylic acids is 1. The van der Waals surface area contributed by atoms with Crippen molar-refractivity contribution in [1.29, 1.82) is 0 Å². The SMILES string of the molecule is CNCCC(=O)N(C)CCc1cc(Br)cs1. The number of nitrogens with zero attached hydrogens (tertiary/aromatic N) is 1. The summed E-state index contributed by atoms with van der Waals surface area (Å²) >= 11 is 5.15. The Morgan fingerprint density at radius 1 is 1.62 bits per heavy atom. The molecule has 0 saturated carbocycles. The first-order valence-electron chi connectivity index (χ1n) is 5.25. The van der Waals surface area contributed by atoms with Crippen molar-refractivity contribution in [1.82, 2.24) is 10.2 Å². The molecule has 0 aliphatic rings. The van der Waals surface area contributed by atoms with E-state index in [2.05, 4.69) is 32.7 Å². The van der Waals surface area contributed by atoms with Crippen LogP contribution < -0.4 is 5.32 Å². The molecule has 90 valence electrons. The Balaban J connectivity index is 2.29. The lowest BCUT2D eigenvalue weighted by Crippen LogP contribution is -2.30. The van der Waals surface area contributed by atoms with Crippen molar-refractivity contribution in [2.24, 2.45) is 0 Å². The maximum atomic E-state index is 11.6. The minimum atomic E-state index is 0.199. The Morgan fingerprint density at radius 3 is 2.94 bits per heavy atom. The highest BCUT2D eigenvalue weighted by Gasteiger charge is 2.08. The number of thiophene rings is 1. The molecule has 0 bridgehead atoms. The topological polar surface area (TPSA) is 32.3 Å². The molecule has 0 spiro atoms. The van der Waals surface area contributed by atoms with Crippen molar-refractivity contribution in [3.05, 3.63) is 20.8 Å². The van der Waals surface area contributed by atoms with Crippen molar-refractivity contribution in [3.8, 4) is 0 Å². The molecule has 5 heteroatoms. The molecular weight excluding hydrogens is 288 g/mol. The summed E-state index contributed by atoms with van der Waals surface area (Å²) in [7, 11) is 3.72. The van der Waals surface area contributed by atoms with E-state index in [9.17, 15) is 4.79 Å². The first-order chi connectivity index (χ1) is 7.63. The van der Waals surface area contributed by atoms with E-state index < -0.39 is 0 Å². The fourth-order valence-electron chi connectivity index (χ4n) is 1.31. The largest absolute Gasteiger partial charge is 0.345 e. The van der Waals surface area contributed by atoms with E-state index >= 15 is 0 Å². The average molecular weight is 305 g/mol. The molecular formula is C11H17BrN2OS. The van der Waals surface area contributed by atoms with E-state index in [0.717, 1.165) is 24.0 Å². The molecule has 0 atom stereocenters. The van der Waals surface area contributed by atoms with Crippen LogP contribution in [0.25, 0.3) is 0 Å². The van der Waals surface area contributed by atoms with Crippen LogP contribution in [0.1, 0.15) is 11.3 Å². The number of halogens is 1. The smallest absolute Gasteiger partial charge is 0.223 e. The Hall–Kier alpha value is -0.390. The van der Waals surface area contributed by atoms with Gasteiger partial charge in [-0.15, -0.1) is 11.3 Å². The van der Waals surface area contributed by atoms with Gasteiger partial charge in [-0.25, -0.2) is 0 Å². The minimum absolute atomic E-state index is 0.199. The molecule has 1 aromatic rings. The molecule has 1 amide bonds. The highest BCUT2D eigenvalue weighted by molar-refractivity contribution is 9.10. The Labute approximate surface area is 109 Å². The van der Waals surface area contributed by atoms with Gasteiger partial charge >= 0.3 is 0 Å². The molecule has 0 fully saturated rings. The van der Waals surface area contributed by atoms with Crippen molar-refractivity contribution >= 4 is 33.2 Å². The first kappa shape index (κ1) is 13.7. The number of amides is 1. The van der Waals surface area contributed by atoms with Crippen molar-refractivity contribution < 1.29 is 4.79 Å². The summed E-state index contributed by atoms with van der Waals surface area (Å²) in [4.78, 5) is 14.7. The zero-order valence-corrected chi connectivity index (χ0v) is 12.0. The molecule has 16 heavy (non-hydrogen) atoms. The Bertz CT molecular complexity index is 340. The van der Waals surface area contributed by atoms with Gasteiger partial charge in [-0.2, -0.15) is 0 Å².